The van der Waals surface area contributed by atoms with Gasteiger partial charge in [-0.2, -0.15) is 5.10 Å². The average Bonchev–Trinajstić information content (AvgIpc) is 3.18. The maximum Gasteiger partial charge on any atom is 0.230 e. The molecule has 2 aromatic heterocycles. The molecule has 0 aliphatic heterocycles. The number of halogens is 1. The van der Waals surface area contributed by atoms with Crippen molar-refractivity contribution in [1.29, 1.82) is 0 Å². The van der Waals surface area contributed by atoms with E-state index in [4.69, 9.17) is 0 Å². The second kappa shape index (κ2) is 8.40. The summed E-state index contributed by atoms with van der Waals surface area (Å²) in [5.41, 5.74) is 2.44. The van der Waals surface area contributed by atoms with Gasteiger partial charge in [-0.15, -0.1) is 0 Å². The Balaban J connectivity index is 1.45. The third-order valence-electron chi connectivity index (χ3n) is 4.42. The van der Waals surface area contributed by atoms with E-state index < -0.39 is 0 Å². The summed E-state index contributed by atoms with van der Waals surface area (Å²) in [6.45, 7) is 1.86. The molecule has 0 saturated carbocycles. The number of nitrogens with one attached hydrogen (secondary N) is 1. The zero-order valence-corrected chi connectivity index (χ0v) is 16.4. The first-order valence-corrected chi connectivity index (χ1v) is 10.0. The molecule has 6 nitrogen and oxygen atoms in total. The number of carbonyl (C=O) groups is 1. The highest BCUT2D eigenvalue weighted by atomic mass is 32.2. The largest absolute Gasteiger partial charge is 0.349 e. The maximum atomic E-state index is 13.0. The molecular weight excluding hydrogens is 389 g/mol. The number of fused-ring (bicyclic) bond motifs is 1. The normalized spacial score (nSPS) is 12.1. The summed E-state index contributed by atoms with van der Waals surface area (Å²) in [5, 5.41) is 8.83. The van der Waals surface area contributed by atoms with Gasteiger partial charge in [0.15, 0.2) is 5.65 Å². The minimum absolute atomic E-state index is 0.131. The average molecular weight is 407 g/mol. The van der Waals surface area contributed by atoms with Crippen molar-refractivity contribution >= 4 is 28.7 Å². The third kappa shape index (κ3) is 4.27. The fourth-order valence-electron chi connectivity index (χ4n) is 2.95. The third-order valence-corrected chi connectivity index (χ3v) is 5.42. The second-order valence-electron chi connectivity index (χ2n) is 6.44. The van der Waals surface area contributed by atoms with Crippen LogP contribution >= 0.6 is 11.8 Å². The summed E-state index contributed by atoms with van der Waals surface area (Å²) in [4.78, 5) is 21.0. The molecule has 1 N–H and O–H groups in total. The van der Waals surface area contributed by atoms with Crippen LogP contribution in [0.4, 0.5) is 4.39 Å². The van der Waals surface area contributed by atoms with E-state index >= 15 is 0 Å². The van der Waals surface area contributed by atoms with Gasteiger partial charge in [0.05, 0.1) is 29.1 Å². The molecule has 0 radical (unpaired) electrons. The van der Waals surface area contributed by atoms with Gasteiger partial charge in [-0.1, -0.05) is 42.1 Å². The van der Waals surface area contributed by atoms with Gasteiger partial charge in [0.1, 0.15) is 17.2 Å². The standard InChI is InChI=1S/C21H18FN5OS/c1-14(15-7-9-16(22)10-8-15)26-19(28)12-29-21-18-11-25-27(20(18)23-13-24-21)17-5-3-2-4-6-17/h2-11,13-14H,12H2,1H3,(H,26,28). The summed E-state index contributed by atoms with van der Waals surface area (Å²) in [6.07, 6.45) is 3.19. The van der Waals surface area contributed by atoms with Crippen LogP contribution in [0.2, 0.25) is 0 Å². The summed E-state index contributed by atoms with van der Waals surface area (Å²) in [7, 11) is 0. The number of aromatic nitrogens is 4. The van der Waals surface area contributed by atoms with Crippen molar-refractivity contribution in [2.45, 2.75) is 18.0 Å². The van der Waals surface area contributed by atoms with Crippen molar-refractivity contribution < 1.29 is 9.18 Å². The first-order valence-electron chi connectivity index (χ1n) is 9.03. The van der Waals surface area contributed by atoms with E-state index in [1.807, 2.05) is 37.3 Å². The number of nitrogens with zero attached hydrogens (tertiary/aromatic N) is 4. The molecule has 0 aliphatic carbocycles. The van der Waals surface area contributed by atoms with Crippen LogP contribution in [0.3, 0.4) is 0 Å². The fourth-order valence-corrected chi connectivity index (χ4v) is 3.72. The lowest BCUT2D eigenvalue weighted by Crippen LogP contribution is -2.28. The molecule has 29 heavy (non-hydrogen) atoms. The van der Waals surface area contributed by atoms with Gasteiger partial charge < -0.3 is 5.32 Å². The van der Waals surface area contributed by atoms with E-state index in [0.717, 1.165) is 16.6 Å². The Morgan fingerprint density at radius 3 is 2.66 bits per heavy atom. The van der Waals surface area contributed by atoms with Crippen LogP contribution < -0.4 is 5.32 Å². The predicted octanol–water partition coefficient (Wildman–Crippen LogP) is 3.92. The van der Waals surface area contributed by atoms with Crippen LogP contribution in [0.15, 0.2) is 72.1 Å². The smallest absolute Gasteiger partial charge is 0.230 e. The highest BCUT2D eigenvalue weighted by Gasteiger charge is 2.14. The molecule has 2 heterocycles. The van der Waals surface area contributed by atoms with E-state index in [-0.39, 0.29) is 23.5 Å². The first kappa shape index (κ1) is 19.1. The number of carbonyl (C=O) groups excluding carboxylic acids is 1. The Bertz CT molecular complexity index is 1130. The van der Waals surface area contributed by atoms with Crippen LogP contribution in [0.1, 0.15) is 18.5 Å². The highest BCUT2D eigenvalue weighted by Crippen LogP contribution is 2.25. The molecule has 1 atom stereocenters. The molecule has 1 unspecified atom stereocenters. The van der Waals surface area contributed by atoms with Crippen LogP contribution in [-0.2, 0) is 4.79 Å². The van der Waals surface area contributed by atoms with Crippen LogP contribution in [-0.4, -0.2) is 31.4 Å². The van der Waals surface area contributed by atoms with E-state index in [1.165, 1.54) is 30.2 Å². The van der Waals surface area contributed by atoms with Crippen molar-refractivity contribution in [2.75, 3.05) is 5.75 Å². The summed E-state index contributed by atoms with van der Waals surface area (Å²) < 4.78 is 14.8. The molecule has 0 bridgehead atoms. The van der Waals surface area contributed by atoms with Crippen molar-refractivity contribution in [3.8, 4) is 5.69 Å². The molecule has 8 heteroatoms. The zero-order chi connectivity index (χ0) is 20.2. The van der Waals surface area contributed by atoms with Crippen molar-refractivity contribution in [3.63, 3.8) is 0 Å². The highest BCUT2D eigenvalue weighted by molar-refractivity contribution is 8.00. The molecule has 1 amide bonds. The van der Waals surface area contributed by atoms with Gasteiger partial charge in [0, 0.05) is 0 Å². The van der Waals surface area contributed by atoms with Gasteiger partial charge in [0.2, 0.25) is 5.91 Å². The molecule has 0 saturated heterocycles. The van der Waals surface area contributed by atoms with Gasteiger partial charge in [-0.05, 0) is 36.8 Å². The Kier molecular flexibility index (Phi) is 5.53. The van der Waals surface area contributed by atoms with Gasteiger partial charge in [0.25, 0.3) is 0 Å². The first-order chi connectivity index (χ1) is 14.1. The van der Waals surface area contributed by atoms with E-state index in [1.54, 1.807) is 23.0 Å². The summed E-state index contributed by atoms with van der Waals surface area (Å²) in [5.74, 6) is -0.227. The minimum atomic E-state index is -0.299. The topological polar surface area (TPSA) is 72.7 Å². The molecule has 4 rings (SSSR count). The monoisotopic (exact) mass is 407 g/mol. The van der Waals surface area contributed by atoms with E-state index in [9.17, 15) is 9.18 Å². The lowest BCUT2D eigenvalue weighted by molar-refractivity contribution is -0.119. The SMILES string of the molecule is CC(NC(=O)CSc1ncnc2c1cnn2-c1ccccc1)c1ccc(F)cc1. The number of para-hydroxylation sites is 1. The molecule has 0 spiro atoms. The number of rotatable bonds is 6. The molecule has 0 aliphatic rings. The van der Waals surface area contributed by atoms with E-state index in [0.29, 0.717) is 10.7 Å². The van der Waals surface area contributed by atoms with Gasteiger partial charge in [-0.25, -0.2) is 19.0 Å². The quantitative estimate of drug-likeness (QED) is 0.387. The number of hydrogen-bond acceptors (Lipinski definition) is 5. The van der Waals surface area contributed by atoms with Crippen LogP contribution in [0.5, 0.6) is 0 Å². The predicted molar refractivity (Wildman–Crippen MR) is 110 cm³/mol. The van der Waals surface area contributed by atoms with Crippen molar-refractivity contribution in [3.05, 3.63) is 78.5 Å². The van der Waals surface area contributed by atoms with Gasteiger partial charge >= 0.3 is 0 Å². The number of thioether (sulfide) groups is 1. The van der Waals surface area contributed by atoms with Crippen molar-refractivity contribution in [2.24, 2.45) is 0 Å². The molecule has 2 aromatic carbocycles. The van der Waals surface area contributed by atoms with Gasteiger partial charge in [-0.3, -0.25) is 4.79 Å². The molecule has 146 valence electrons. The second-order valence-corrected chi connectivity index (χ2v) is 7.40. The Morgan fingerprint density at radius 1 is 1.14 bits per heavy atom. The molecule has 0 fully saturated rings. The lowest BCUT2D eigenvalue weighted by atomic mass is 10.1. The number of amides is 1. The summed E-state index contributed by atoms with van der Waals surface area (Å²) in [6, 6.07) is 15.6. The number of benzene rings is 2. The fraction of sp³-hybridized carbons (Fsp3) is 0.143. The minimum Gasteiger partial charge on any atom is -0.349 e. The Hall–Kier alpha value is -3.26. The zero-order valence-electron chi connectivity index (χ0n) is 15.6. The summed E-state index contributed by atoms with van der Waals surface area (Å²) >= 11 is 1.33. The number of hydrogen-bond donors (Lipinski definition) is 1. The molecule has 4 aromatic rings. The van der Waals surface area contributed by atoms with Crippen LogP contribution in [0.25, 0.3) is 16.7 Å². The van der Waals surface area contributed by atoms with E-state index in [2.05, 4.69) is 20.4 Å². The van der Waals surface area contributed by atoms with Crippen LogP contribution in [0, 0.1) is 5.82 Å². The molecular formula is C21H18FN5OS. The van der Waals surface area contributed by atoms with Crippen molar-refractivity contribution in [1.82, 2.24) is 25.1 Å². The lowest BCUT2D eigenvalue weighted by Gasteiger charge is -2.14. The Labute approximate surface area is 171 Å². The Morgan fingerprint density at radius 2 is 1.90 bits per heavy atom. The maximum absolute atomic E-state index is 13.0.